The fourth-order valence-electron chi connectivity index (χ4n) is 8.63. The summed E-state index contributed by atoms with van der Waals surface area (Å²) in [5, 5.41) is 74.2. The van der Waals surface area contributed by atoms with Gasteiger partial charge in [0.15, 0.2) is 23.0 Å². The Morgan fingerprint density at radius 3 is 1.11 bits per heavy atom. The van der Waals surface area contributed by atoms with Gasteiger partial charge in [0.1, 0.15) is 11.5 Å². The summed E-state index contributed by atoms with van der Waals surface area (Å²) in [5.41, 5.74) is 8.38. The Bertz CT molecular complexity index is 2180. The first-order valence-electron chi connectivity index (χ1n) is 25.6. The first-order chi connectivity index (χ1) is 34.3. The van der Waals surface area contributed by atoms with Gasteiger partial charge in [0.25, 0.3) is 0 Å². The summed E-state index contributed by atoms with van der Waals surface area (Å²) < 4.78 is 0. The third-order valence-electron chi connectivity index (χ3n) is 12.7. The van der Waals surface area contributed by atoms with Crippen LogP contribution < -0.4 is 21.3 Å². The van der Waals surface area contributed by atoms with Gasteiger partial charge in [-0.15, -0.1) is 0 Å². The van der Waals surface area contributed by atoms with Crippen LogP contribution in [-0.4, -0.2) is 88.0 Å². The molecule has 0 saturated carbocycles. The van der Waals surface area contributed by atoms with Crippen molar-refractivity contribution in [2.75, 3.05) is 52.4 Å². The number of hydrogen-bond acceptors (Lipinski definition) is 11. The second-order valence-electron chi connectivity index (χ2n) is 18.2. The molecule has 6 rings (SSSR count). The van der Waals surface area contributed by atoms with Gasteiger partial charge in [-0.25, -0.2) is 0 Å². The van der Waals surface area contributed by atoms with E-state index in [-0.39, 0.29) is 34.5 Å². The smallest absolute Gasteiger partial charge is 0.160 e. The Morgan fingerprint density at radius 2 is 0.700 bits per heavy atom. The Balaban J connectivity index is 0.000000261. The highest BCUT2D eigenvalue weighted by atomic mass is 16.3. The van der Waals surface area contributed by atoms with Gasteiger partial charge in [-0.05, 0) is 211 Å². The summed E-state index contributed by atoms with van der Waals surface area (Å²) in [6.45, 7) is 7.83. The maximum absolute atomic E-state index is 10.4. The molecular formula is C59H79N5O6. The lowest BCUT2D eigenvalue weighted by atomic mass is 9.96. The van der Waals surface area contributed by atoms with Crippen LogP contribution in [-0.2, 0) is 51.4 Å². The predicted molar refractivity (Wildman–Crippen MR) is 284 cm³/mol. The molecule has 376 valence electrons. The van der Waals surface area contributed by atoms with Crippen LogP contribution in [0.25, 0.3) is 0 Å². The van der Waals surface area contributed by atoms with E-state index in [0.29, 0.717) is 25.7 Å². The van der Waals surface area contributed by atoms with Crippen LogP contribution in [0.5, 0.6) is 34.5 Å². The molecule has 0 amide bonds. The van der Waals surface area contributed by atoms with E-state index in [1.165, 1.54) is 49.7 Å². The van der Waals surface area contributed by atoms with Crippen LogP contribution >= 0.6 is 0 Å². The number of phenolic OH excluding ortho intramolecular Hbond substituents is 6. The number of hydrogen-bond donors (Lipinski definition) is 10. The average molecular weight is 954 g/mol. The van der Waals surface area contributed by atoms with Gasteiger partial charge in [0.2, 0.25) is 0 Å². The predicted octanol–water partition coefficient (Wildman–Crippen LogP) is 9.62. The maximum Gasteiger partial charge on any atom is 0.160 e. The largest absolute Gasteiger partial charge is 0.508 e. The quantitative estimate of drug-likeness (QED) is 0.0144. The zero-order valence-electron chi connectivity index (χ0n) is 41.2. The van der Waals surface area contributed by atoms with Crippen LogP contribution in [0, 0.1) is 0 Å². The fourth-order valence-corrected chi connectivity index (χ4v) is 8.63. The van der Waals surface area contributed by atoms with Crippen LogP contribution in [0.2, 0.25) is 0 Å². The molecule has 0 aliphatic heterocycles. The Hall–Kier alpha value is -6.11. The van der Waals surface area contributed by atoms with Gasteiger partial charge in [0, 0.05) is 23.5 Å². The molecular weight excluding hydrogens is 875 g/mol. The number of rotatable bonds is 32. The van der Waals surface area contributed by atoms with E-state index < -0.39 is 0 Å². The van der Waals surface area contributed by atoms with Crippen molar-refractivity contribution in [3.63, 3.8) is 0 Å². The molecule has 5 aromatic carbocycles. The average Bonchev–Trinajstić information content (AvgIpc) is 3.37. The third kappa shape index (κ3) is 21.3. The summed E-state index contributed by atoms with van der Waals surface area (Å²) in [4.78, 5) is 4.04. The fraction of sp³-hybridized carbons (Fsp3) is 0.407. The number of unbranched alkanes of at least 4 members (excludes halogenated alkanes) is 6. The van der Waals surface area contributed by atoms with Crippen LogP contribution in [0.4, 0.5) is 0 Å². The summed E-state index contributed by atoms with van der Waals surface area (Å²) >= 11 is 0. The SMILES string of the molecule is Oc1cccc(CCc2c(CCNCCCCCCNCCc3ccccc3)ccc(O)c2O)c1.Oc1cccc(CCc2c(CCNCCCCCCNCCc3ccncc3)ccc(O)c2O)c1. The van der Waals surface area contributed by atoms with Crippen molar-refractivity contribution in [1.82, 2.24) is 26.3 Å². The number of benzene rings is 5. The molecule has 0 saturated heterocycles. The molecule has 11 nitrogen and oxygen atoms in total. The van der Waals surface area contributed by atoms with Gasteiger partial charge in [-0.3, -0.25) is 4.98 Å². The molecule has 0 atom stereocenters. The van der Waals surface area contributed by atoms with Crippen molar-refractivity contribution in [2.24, 2.45) is 0 Å². The van der Waals surface area contributed by atoms with Gasteiger partial charge in [-0.1, -0.05) is 92.4 Å². The number of aromatic hydroxyl groups is 6. The summed E-state index contributed by atoms with van der Waals surface area (Å²) in [5.74, 6) is 0.259. The third-order valence-corrected chi connectivity index (χ3v) is 12.7. The topological polar surface area (TPSA) is 182 Å². The van der Waals surface area contributed by atoms with Gasteiger partial charge in [0.05, 0.1) is 0 Å². The highest BCUT2D eigenvalue weighted by Gasteiger charge is 2.14. The van der Waals surface area contributed by atoms with Crippen molar-refractivity contribution < 1.29 is 30.6 Å². The molecule has 6 aromatic rings. The minimum atomic E-state index is -0.0838. The molecule has 70 heavy (non-hydrogen) atoms. The Labute approximate surface area is 417 Å². The van der Waals surface area contributed by atoms with Crippen molar-refractivity contribution >= 4 is 0 Å². The molecule has 1 heterocycles. The number of nitrogens with one attached hydrogen (secondary N) is 4. The van der Waals surface area contributed by atoms with Crippen molar-refractivity contribution in [3.8, 4) is 34.5 Å². The number of aromatic nitrogens is 1. The van der Waals surface area contributed by atoms with E-state index in [4.69, 9.17) is 0 Å². The van der Waals surface area contributed by atoms with E-state index in [9.17, 15) is 30.6 Å². The minimum absolute atomic E-state index is 0.0277. The van der Waals surface area contributed by atoms with E-state index >= 15 is 0 Å². The number of pyridine rings is 1. The molecule has 0 aliphatic rings. The highest BCUT2D eigenvalue weighted by molar-refractivity contribution is 5.50. The minimum Gasteiger partial charge on any atom is -0.508 e. The van der Waals surface area contributed by atoms with E-state index in [1.54, 1.807) is 36.4 Å². The van der Waals surface area contributed by atoms with E-state index in [1.807, 2.05) is 48.8 Å². The second kappa shape index (κ2) is 32.7. The van der Waals surface area contributed by atoms with Crippen molar-refractivity contribution in [2.45, 2.75) is 103 Å². The van der Waals surface area contributed by atoms with Crippen LogP contribution in [0.1, 0.15) is 95.9 Å². The van der Waals surface area contributed by atoms with Crippen LogP contribution in [0.3, 0.4) is 0 Å². The Morgan fingerprint density at radius 1 is 0.314 bits per heavy atom. The summed E-state index contributed by atoms with van der Waals surface area (Å²) in [6, 6.07) is 36.0. The number of phenols is 6. The Kier molecular flexibility index (Phi) is 25.6. The first-order valence-corrected chi connectivity index (χ1v) is 25.6. The van der Waals surface area contributed by atoms with E-state index in [2.05, 4.69) is 68.7 Å². The molecule has 10 N–H and O–H groups in total. The van der Waals surface area contributed by atoms with Crippen molar-refractivity contribution in [3.05, 3.63) is 172 Å². The highest BCUT2D eigenvalue weighted by Crippen LogP contribution is 2.34. The maximum atomic E-state index is 10.4. The summed E-state index contributed by atoms with van der Waals surface area (Å²) in [6.07, 6.45) is 19.6. The first kappa shape index (κ1) is 54.8. The molecule has 11 heteroatoms. The zero-order chi connectivity index (χ0) is 49.4. The molecule has 0 spiro atoms. The standard InChI is InChI=1S/C30H40N2O3.C29H39N3O3/c33-27-12-8-11-25(23-27)13-15-28-26(14-16-29(34)30(28)35)18-22-32-20-7-2-1-6-19-31-21-17-24-9-4-3-5-10-24;33-26-7-5-6-24(22-26)8-10-27-25(9-11-28(34)29(27)35)15-21-31-17-4-2-1-3-16-30-18-12-23-13-19-32-20-14-23/h3-5,8-12,14,16,23,31-35H,1-2,6-7,13,15,17-22H2;5-7,9,11,13-14,19-20,22,30-31,33-35H,1-4,8,10,12,15-18,21H2. The molecule has 0 unspecified atom stereocenters. The molecule has 0 fully saturated rings. The molecule has 0 radical (unpaired) electrons. The number of nitrogens with zero attached hydrogens (tertiary/aromatic N) is 1. The lowest BCUT2D eigenvalue weighted by Gasteiger charge is -2.14. The van der Waals surface area contributed by atoms with Crippen molar-refractivity contribution in [1.29, 1.82) is 0 Å². The second-order valence-corrected chi connectivity index (χ2v) is 18.2. The van der Waals surface area contributed by atoms with Gasteiger partial charge >= 0.3 is 0 Å². The lowest BCUT2D eigenvalue weighted by Crippen LogP contribution is -2.20. The molecule has 0 bridgehead atoms. The normalized spacial score (nSPS) is 11.1. The lowest BCUT2D eigenvalue weighted by molar-refractivity contribution is 0.398. The van der Waals surface area contributed by atoms with Crippen LogP contribution in [0.15, 0.2) is 128 Å². The van der Waals surface area contributed by atoms with Gasteiger partial charge in [-0.2, -0.15) is 0 Å². The van der Waals surface area contributed by atoms with E-state index in [0.717, 1.165) is 124 Å². The summed E-state index contributed by atoms with van der Waals surface area (Å²) in [7, 11) is 0. The molecule has 1 aromatic heterocycles. The van der Waals surface area contributed by atoms with Gasteiger partial charge < -0.3 is 51.9 Å². The zero-order valence-corrected chi connectivity index (χ0v) is 41.2. The monoisotopic (exact) mass is 954 g/mol. The molecule has 0 aliphatic carbocycles. The number of aryl methyl sites for hydroxylation is 2.